The molecule has 138 valence electrons. The number of carbonyl (C=O) groups excluding carboxylic acids is 2. The van der Waals surface area contributed by atoms with Gasteiger partial charge in [0.2, 0.25) is 0 Å². The summed E-state index contributed by atoms with van der Waals surface area (Å²) in [5.41, 5.74) is 2.90. The molecule has 0 bridgehead atoms. The molecule has 2 aliphatic rings. The SMILES string of the molecule is COC(=O)[C@H](Cc1ccccc1)N1C[C@@H]2C=C(c3ccccc3)C(=O)[C@@H]2C1. The number of likely N-dealkylation sites (tertiary alicyclic amines) is 1. The molecule has 2 aromatic rings. The van der Waals surface area contributed by atoms with Crippen LogP contribution in [0.5, 0.6) is 0 Å². The zero-order valence-electron chi connectivity index (χ0n) is 15.4. The molecule has 3 atom stereocenters. The highest BCUT2D eigenvalue weighted by molar-refractivity contribution is 6.24. The van der Waals surface area contributed by atoms with E-state index in [-0.39, 0.29) is 29.6 Å². The summed E-state index contributed by atoms with van der Waals surface area (Å²) in [6.07, 6.45) is 2.69. The monoisotopic (exact) mass is 361 g/mol. The van der Waals surface area contributed by atoms with Gasteiger partial charge < -0.3 is 4.74 Å². The third-order valence-corrected chi connectivity index (χ3v) is 5.65. The first-order valence-electron chi connectivity index (χ1n) is 9.34. The summed E-state index contributed by atoms with van der Waals surface area (Å²) in [5, 5.41) is 0. The highest BCUT2D eigenvalue weighted by Crippen LogP contribution is 2.39. The van der Waals surface area contributed by atoms with Crippen LogP contribution >= 0.6 is 0 Å². The molecule has 2 aromatic carbocycles. The minimum Gasteiger partial charge on any atom is -0.468 e. The van der Waals surface area contributed by atoms with E-state index in [2.05, 4.69) is 11.0 Å². The molecule has 0 radical (unpaired) electrons. The molecule has 27 heavy (non-hydrogen) atoms. The minimum atomic E-state index is -0.357. The zero-order chi connectivity index (χ0) is 18.8. The Morgan fingerprint density at radius 3 is 2.37 bits per heavy atom. The van der Waals surface area contributed by atoms with Crippen LogP contribution in [0, 0.1) is 11.8 Å². The summed E-state index contributed by atoms with van der Waals surface area (Å²) < 4.78 is 5.06. The molecule has 1 aliphatic heterocycles. The number of methoxy groups -OCH3 is 1. The molecule has 0 spiro atoms. The second-order valence-corrected chi connectivity index (χ2v) is 7.26. The van der Waals surface area contributed by atoms with Crippen molar-refractivity contribution in [1.82, 2.24) is 4.90 Å². The lowest BCUT2D eigenvalue weighted by molar-refractivity contribution is -0.146. The van der Waals surface area contributed by atoms with Crippen molar-refractivity contribution in [3.8, 4) is 0 Å². The van der Waals surface area contributed by atoms with E-state index in [0.29, 0.717) is 19.5 Å². The largest absolute Gasteiger partial charge is 0.468 e. The molecular formula is C23H23NO3. The fourth-order valence-electron chi connectivity index (χ4n) is 4.25. The summed E-state index contributed by atoms with van der Waals surface area (Å²) in [5.74, 6) is 0.0503. The lowest BCUT2D eigenvalue weighted by Gasteiger charge is -2.26. The zero-order valence-corrected chi connectivity index (χ0v) is 15.4. The van der Waals surface area contributed by atoms with Crippen molar-refractivity contribution in [2.24, 2.45) is 11.8 Å². The van der Waals surface area contributed by atoms with Gasteiger partial charge in [0.05, 0.1) is 7.11 Å². The molecule has 1 aliphatic carbocycles. The van der Waals surface area contributed by atoms with Gasteiger partial charge in [-0.15, -0.1) is 0 Å². The maximum absolute atomic E-state index is 12.9. The number of benzene rings is 2. The Balaban J connectivity index is 1.53. The molecule has 1 saturated heterocycles. The third kappa shape index (κ3) is 3.45. The van der Waals surface area contributed by atoms with Crippen LogP contribution in [0.1, 0.15) is 11.1 Å². The van der Waals surface area contributed by atoms with Gasteiger partial charge in [0.25, 0.3) is 0 Å². The number of carbonyl (C=O) groups is 2. The summed E-state index contributed by atoms with van der Waals surface area (Å²) in [4.78, 5) is 27.5. The van der Waals surface area contributed by atoms with Gasteiger partial charge in [-0.25, -0.2) is 0 Å². The second-order valence-electron chi connectivity index (χ2n) is 7.26. The number of hydrogen-bond acceptors (Lipinski definition) is 4. The van der Waals surface area contributed by atoms with Gasteiger partial charge in [-0.2, -0.15) is 0 Å². The predicted octanol–water partition coefficient (Wildman–Crippen LogP) is 2.99. The highest BCUT2D eigenvalue weighted by Gasteiger charge is 2.45. The Morgan fingerprint density at radius 2 is 1.74 bits per heavy atom. The quantitative estimate of drug-likeness (QED) is 0.768. The normalized spacial score (nSPS) is 23.0. The van der Waals surface area contributed by atoms with E-state index < -0.39 is 0 Å². The van der Waals surface area contributed by atoms with Crippen molar-refractivity contribution in [2.45, 2.75) is 12.5 Å². The third-order valence-electron chi connectivity index (χ3n) is 5.65. The minimum absolute atomic E-state index is 0.0665. The van der Waals surface area contributed by atoms with Crippen LogP contribution in [0.3, 0.4) is 0 Å². The summed E-state index contributed by atoms with van der Waals surface area (Å²) in [6, 6.07) is 19.4. The molecule has 4 rings (SSSR count). The smallest absolute Gasteiger partial charge is 0.323 e. The first kappa shape index (κ1) is 17.7. The van der Waals surface area contributed by atoms with E-state index in [1.54, 1.807) is 0 Å². The van der Waals surface area contributed by atoms with Crippen molar-refractivity contribution in [3.63, 3.8) is 0 Å². The van der Waals surface area contributed by atoms with E-state index in [1.165, 1.54) is 7.11 Å². The van der Waals surface area contributed by atoms with Crippen molar-refractivity contribution in [2.75, 3.05) is 20.2 Å². The van der Waals surface area contributed by atoms with Crippen LogP contribution in [-0.2, 0) is 20.7 Å². The molecule has 4 heteroatoms. The fraction of sp³-hybridized carbons (Fsp3) is 0.304. The number of allylic oxidation sites excluding steroid dienone is 1. The van der Waals surface area contributed by atoms with Gasteiger partial charge in [-0.1, -0.05) is 66.7 Å². The van der Waals surface area contributed by atoms with Crippen LogP contribution in [0.15, 0.2) is 66.7 Å². The maximum atomic E-state index is 12.9. The molecule has 0 N–H and O–H groups in total. The van der Waals surface area contributed by atoms with E-state index in [9.17, 15) is 9.59 Å². The van der Waals surface area contributed by atoms with E-state index in [4.69, 9.17) is 4.74 Å². The first-order chi connectivity index (χ1) is 13.2. The van der Waals surface area contributed by atoms with Gasteiger partial charge in [0, 0.05) is 30.5 Å². The Morgan fingerprint density at radius 1 is 1.07 bits per heavy atom. The Labute approximate surface area is 159 Å². The first-order valence-corrected chi connectivity index (χ1v) is 9.34. The molecule has 0 saturated carbocycles. The van der Waals surface area contributed by atoms with Crippen LogP contribution in [-0.4, -0.2) is 42.9 Å². The van der Waals surface area contributed by atoms with Crippen LogP contribution in [0.4, 0.5) is 0 Å². The van der Waals surface area contributed by atoms with Gasteiger partial charge in [-0.05, 0) is 17.5 Å². The average molecular weight is 361 g/mol. The van der Waals surface area contributed by atoms with E-state index in [0.717, 1.165) is 16.7 Å². The number of rotatable bonds is 5. The average Bonchev–Trinajstić information content (AvgIpc) is 3.26. The molecule has 4 nitrogen and oxygen atoms in total. The lowest BCUT2D eigenvalue weighted by atomic mass is 9.97. The number of Topliss-reactive ketones (excluding diaryl/α,β-unsaturated/α-hetero) is 1. The number of fused-ring (bicyclic) bond motifs is 1. The molecule has 1 fully saturated rings. The summed E-state index contributed by atoms with van der Waals surface area (Å²) in [7, 11) is 1.43. The topological polar surface area (TPSA) is 46.6 Å². The van der Waals surface area contributed by atoms with Crippen molar-refractivity contribution in [1.29, 1.82) is 0 Å². The Kier molecular flexibility index (Phi) is 4.90. The summed E-state index contributed by atoms with van der Waals surface area (Å²) >= 11 is 0. The van der Waals surface area contributed by atoms with Gasteiger partial charge >= 0.3 is 5.97 Å². The van der Waals surface area contributed by atoms with E-state index >= 15 is 0 Å². The number of nitrogens with zero attached hydrogens (tertiary/aromatic N) is 1. The number of ether oxygens (including phenoxy) is 1. The Hall–Kier alpha value is -2.72. The standard InChI is InChI=1S/C23H23NO3/c1-27-23(26)21(12-16-8-4-2-5-9-16)24-14-18-13-19(22(25)20(18)15-24)17-10-6-3-7-11-17/h2-11,13,18,20-21H,12,14-15H2,1H3/t18-,20+,21-/m0/s1. The van der Waals surface area contributed by atoms with Crippen LogP contribution in [0.2, 0.25) is 0 Å². The van der Waals surface area contributed by atoms with Crippen molar-refractivity contribution >= 4 is 17.3 Å². The van der Waals surface area contributed by atoms with Crippen molar-refractivity contribution in [3.05, 3.63) is 77.9 Å². The molecule has 0 unspecified atom stereocenters. The van der Waals surface area contributed by atoms with Crippen LogP contribution in [0.25, 0.3) is 5.57 Å². The molecule has 1 heterocycles. The van der Waals surface area contributed by atoms with E-state index in [1.807, 2.05) is 60.7 Å². The molecular weight excluding hydrogens is 338 g/mol. The molecule has 0 amide bonds. The summed E-state index contributed by atoms with van der Waals surface area (Å²) in [6.45, 7) is 1.31. The second kappa shape index (κ2) is 7.49. The van der Waals surface area contributed by atoms with Crippen LogP contribution < -0.4 is 0 Å². The fourth-order valence-corrected chi connectivity index (χ4v) is 4.25. The number of esters is 1. The van der Waals surface area contributed by atoms with Gasteiger partial charge in [-0.3, -0.25) is 14.5 Å². The van der Waals surface area contributed by atoms with Gasteiger partial charge in [0.1, 0.15) is 6.04 Å². The predicted molar refractivity (Wildman–Crippen MR) is 104 cm³/mol. The Bertz CT molecular complexity index is 860. The number of hydrogen-bond donors (Lipinski definition) is 0. The maximum Gasteiger partial charge on any atom is 0.323 e. The number of ketones is 1. The lowest BCUT2D eigenvalue weighted by Crippen LogP contribution is -2.42. The molecule has 0 aromatic heterocycles. The van der Waals surface area contributed by atoms with Gasteiger partial charge in [0.15, 0.2) is 5.78 Å². The van der Waals surface area contributed by atoms with Crippen molar-refractivity contribution < 1.29 is 14.3 Å². The highest BCUT2D eigenvalue weighted by atomic mass is 16.5.